The van der Waals surface area contributed by atoms with Gasteiger partial charge in [-0.25, -0.2) is 4.79 Å². The third-order valence-electron chi connectivity index (χ3n) is 3.25. The molecule has 1 aliphatic heterocycles. The Kier molecular flexibility index (Phi) is 5.11. The fourth-order valence-electron chi connectivity index (χ4n) is 2.19. The molecule has 25 heavy (non-hydrogen) atoms. The number of rotatable bonds is 5. The Labute approximate surface area is 153 Å². The van der Waals surface area contributed by atoms with Crippen LogP contribution in [0.1, 0.15) is 5.56 Å². The maximum absolute atomic E-state index is 12.7. The summed E-state index contributed by atoms with van der Waals surface area (Å²) >= 11 is 6.48. The molecule has 1 amide bonds. The van der Waals surface area contributed by atoms with Crippen molar-refractivity contribution in [3.05, 3.63) is 59.3 Å². The van der Waals surface area contributed by atoms with Crippen molar-refractivity contribution in [2.24, 2.45) is 0 Å². The Balaban J connectivity index is 1.89. The molecule has 0 unspecified atom stereocenters. The number of thioether (sulfide) groups is 1. The van der Waals surface area contributed by atoms with Crippen LogP contribution in [0.15, 0.2) is 53.7 Å². The molecule has 0 atom stereocenters. The molecule has 8 heteroatoms. The van der Waals surface area contributed by atoms with Crippen molar-refractivity contribution in [2.45, 2.75) is 0 Å². The Bertz CT molecular complexity index is 868. The van der Waals surface area contributed by atoms with Crippen LogP contribution in [0.25, 0.3) is 6.08 Å². The zero-order chi connectivity index (χ0) is 17.8. The summed E-state index contributed by atoms with van der Waals surface area (Å²) in [5.74, 6) is -0.940. The summed E-state index contributed by atoms with van der Waals surface area (Å²) in [6, 6.07) is 10.4. The second-order valence-electron chi connectivity index (χ2n) is 4.95. The number of amides is 1. The topological polar surface area (TPSA) is 79.7 Å². The molecule has 0 spiro atoms. The van der Waals surface area contributed by atoms with E-state index in [1.807, 2.05) is 0 Å². The summed E-state index contributed by atoms with van der Waals surface area (Å²) in [7, 11) is 0. The van der Waals surface area contributed by atoms with E-state index in [9.17, 15) is 9.59 Å². The molecular formula is C17H12N2O4S2. The minimum atomic E-state index is -1.07. The molecule has 3 rings (SSSR count). The maximum Gasteiger partial charge on any atom is 0.341 e. The van der Waals surface area contributed by atoms with Crippen molar-refractivity contribution >= 4 is 51.9 Å². The highest BCUT2D eigenvalue weighted by Crippen LogP contribution is 2.36. The van der Waals surface area contributed by atoms with E-state index in [2.05, 4.69) is 4.98 Å². The SMILES string of the molecule is O=C(O)COc1ccccc1/C=C1/SC(=S)N(c2cccnc2)C1=O. The van der Waals surface area contributed by atoms with Crippen LogP contribution in [-0.2, 0) is 9.59 Å². The van der Waals surface area contributed by atoms with Crippen molar-refractivity contribution in [2.75, 3.05) is 11.5 Å². The Hall–Kier alpha value is -2.71. The Morgan fingerprint density at radius 2 is 2.12 bits per heavy atom. The zero-order valence-corrected chi connectivity index (χ0v) is 14.4. The smallest absolute Gasteiger partial charge is 0.341 e. The molecule has 0 saturated carbocycles. The number of anilines is 1. The number of hydrogen-bond acceptors (Lipinski definition) is 6. The average Bonchev–Trinajstić information content (AvgIpc) is 2.88. The standard InChI is InChI=1S/C17H12N2O4S2/c20-15(21)10-23-13-6-2-1-4-11(13)8-14-16(22)19(17(24)25-14)12-5-3-7-18-9-12/h1-9H,10H2,(H,20,21)/b14-8+. The summed E-state index contributed by atoms with van der Waals surface area (Å²) in [6.45, 7) is -0.457. The highest BCUT2D eigenvalue weighted by molar-refractivity contribution is 8.27. The second-order valence-corrected chi connectivity index (χ2v) is 6.62. The molecule has 2 heterocycles. The first-order valence-corrected chi connectivity index (χ1v) is 8.40. The number of carboxylic acid groups (broad SMARTS) is 1. The lowest BCUT2D eigenvalue weighted by Crippen LogP contribution is -2.27. The first-order valence-electron chi connectivity index (χ1n) is 7.18. The van der Waals surface area contributed by atoms with Crippen LogP contribution in [0, 0.1) is 0 Å². The number of thiocarbonyl (C=S) groups is 1. The minimum Gasteiger partial charge on any atom is -0.481 e. The van der Waals surface area contributed by atoms with Gasteiger partial charge in [-0.15, -0.1) is 0 Å². The van der Waals surface area contributed by atoms with Crippen molar-refractivity contribution in [1.82, 2.24) is 4.98 Å². The number of aliphatic carboxylic acids is 1. The number of carbonyl (C=O) groups is 2. The average molecular weight is 372 g/mol. The van der Waals surface area contributed by atoms with E-state index in [1.54, 1.807) is 54.9 Å². The van der Waals surface area contributed by atoms with E-state index in [4.69, 9.17) is 22.1 Å². The van der Waals surface area contributed by atoms with Crippen LogP contribution in [0.2, 0.25) is 0 Å². The van der Waals surface area contributed by atoms with Gasteiger partial charge in [0.15, 0.2) is 10.9 Å². The molecule has 1 N–H and O–H groups in total. The summed E-state index contributed by atoms with van der Waals surface area (Å²) < 4.78 is 5.67. The first kappa shape index (κ1) is 17.1. The van der Waals surface area contributed by atoms with E-state index in [0.717, 1.165) is 0 Å². The molecular weight excluding hydrogens is 360 g/mol. The third kappa shape index (κ3) is 3.86. The molecule has 126 valence electrons. The van der Waals surface area contributed by atoms with Gasteiger partial charge < -0.3 is 9.84 Å². The van der Waals surface area contributed by atoms with Gasteiger partial charge in [0.1, 0.15) is 5.75 Å². The van der Waals surface area contributed by atoms with Gasteiger partial charge in [-0.2, -0.15) is 0 Å². The van der Waals surface area contributed by atoms with Crippen LogP contribution in [0.3, 0.4) is 0 Å². The quantitative estimate of drug-likeness (QED) is 0.638. The minimum absolute atomic E-state index is 0.254. The molecule has 1 aliphatic rings. The molecule has 1 aromatic heterocycles. The molecule has 1 saturated heterocycles. The number of carboxylic acids is 1. The number of nitrogens with zero attached hydrogens (tertiary/aromatic N) is 2. The molecule has 1 fully saturated rings. The fourth-order valence-corrected chi connectivity index (χ4v) is 3.48. The number of benzene rings is 1. The number of carbonyl (C=O) groups excluding carboxylic acids is 1. The monoisotopic (exact) mass is 372 g/mol. The summed E-state index contributed by atoms with van der Waals surface area (Å²) in [6.07, 6.45) is 4.83. The van der Waals surface area contributed by atoms with Gasteiger partial charge in [0.2, 0.25) is 0 Å². The molecule has 0 aliphatic carbocycles. The normalized spacial score (nSPS) is 15.7. The van der Waals surface area contributed by atoms with Gasteiger partial charge in [-0.05, 0) is 24.3 Å². The van der Waals surface area contributed by atoms with Crippen LogP contribution in [0.4, 0.5) is 5.69 Å². The number of ether oxygens (including phenoxy) is 1. The van der Waals surface area contributed by atoms with Crippen molar-refractivity contribution < 1.29 is 19.4 Å². The number of pyridine rings is 1. The predicted octanol–water partition coefficient (Wildman–Crippen LogP) is 2.95. The van der Waals surface area contributed by atoms with E-state index >= 15 is 0 Å². The Morgan fingerprint density at radius 3 is 2.84 bits per heavy atom. The third-order valence-corrected chi connectivity index (χ3v) is 4.56. The van der Waals surface area contributed by atoms with Gasteiger partial charge in [-0.3, -0.25) is 14.7 Å². The molecule has 6 nitrogen and oxygen atoms in total. The lowest BCUT2D eigenvalue weighted by Gasteiger charge is -2.13. The van der Waals surface area contributed by atoms with Crippen molar-refractivity contribution in [3.63, 3.8) is 0 Å². The van der Waals surface area contributed by atoms with Gasteiger partial charge in [-0.1, -0.05) is 42.2 Å². The van der Waals surface area contributed by atoms with E-state index in [1.165, 1.54) is 16.7 Å². The number of para-hydroxylation sites is 1. The molecule has 1 aromatic carbocycles. The first-order chi connectivity index (χ1) is 12.1. The predicted molar refractivity (Wildman–Crippen MR) is 99.5 cm³/mol. The largest absolute Gasteiger partial charge is 0.481 e. The molecule has 2 aromatic rings. The highest BCUT2D eigenvalue weighted by Gasteiger charge is 2.33. The summed E-state index contributed by atoms with van der Waals surface area (Å²) in [5, 5.41) is 8.76. The van der Waals surface area contributed by atoms with Crippen LogP contribution < -0.4 is 9.64 Å². The lowest BCUT2D eigenvalue weighted by atomic mass is 10.2. The van der Waals surface area contributed by atoms with Crippen molar-refractivity contribution in [1.29, 1.82) is 0 Å². The lowest BCUT2D eigenvalue weighted by molar-refractivity contribution is -0.139. The summed E-state index contributed by atoms with van der Waals surface area (Å²) in [5.41, 5.74) is 1.21. The van der Waals surface area contributed by atoms with E-state index < -0.39 is 12.6 Å². The van der Waals surface area contributed by atoms with Crippen LogP contribution in [-0.4, -0.2) is 32.9 Å². The highest BCUT2D eigenvalue weighted by atomic mass is 32.2. The Morgan fingerprint density at radius 1 is 1.32 bits per heavy atom. The second kappa shape index (κ2) is 7.45. The van der Waals surface area contributed by atoms with Crippen LogP contribution in [0.5, 0.6) is 5.75 Å². The molecule has 0 bridgehead atoms. The van der Waals surface area contributed by atoms with Gasteiger partial charge in [0.25, 0.3) is 5.91 Å². The number of aromatic nitrogens is 1. The van der Waals surface area contributed by atoms with Gasteiger partial charge in [0, 0.05) is 11.8 Å². The summed E-state index contributed by atoms with van der Waals surface area (Å²) in [4.78, 5) is 29.2. The number of hydrogen-bond donors (Lipinski definition) is 1. The fraction of sp³-hybridized carbons (Fsp3) is 0.0588. The van der Waals surface area contributed by atoms with Crippen LogP contribution >= 0.6 is 24.0 Å². The van der Waals surface area contributed by atoms with Gasteiger partial charge in [0.05, 0.1) is 16.8 Å². The van der Waals surface area contributed by atoms with E-state index in [-0.39, 0.29) is 5.91 Å². The maximum atomic E-state index is 12.7. The zero-order valence-electron chi connectivity index (χ0n) is 12.8. The van der Waals surface area contributed by atoms with Crippen molar-refractivity contribution in [3.8, 4) is 5.75 Å². The van der Waals surface area contributed by atoms with Gasteiger partial charge >= 0.3 is 5.97 Å². The molecule has 0 radical (unpaired) electrons. The van der Waals surface area contributed by atoms with E-state index in [0.29, 0.717) is 26.2 Å².